The molecule has 0 aliphatic carbocycles. The zero-order valence-corrected chi connectivity index (χ0v) is 10.8. The lowest BCUT2D eigenvalue weighted by atomic mass is 10.0. The second-order valence-corrected chi connectivity index (χ2v) is 4.71. The lowest BCUT2D eigenvalue weighted by Gasteiger charge is -2.17. The van der Waals surface area contributed by atoms with Crippen LogP contribution in [0.1, 0.15) is 23.7 Å². The molecule has 1 saturated heterocycles. The van der Waals surface area contributed by atoms with Gasteiger partial charge in [0.05, 0.1) is 18.8 Å². The molecule has 6 nitrogen and oxygen atoms in total. The molecule has 0 unspecified atom stereocenters. The van der Waals surface area contributed by atoms with Crippen molar-refractivity contribution < 1.29 is 9.26 Å². The smallest absolute Gasteiger partial charge is 0.132 e. The van der Waals surface area contributed by atoms with Gasteiger partial charge >= 0.3 is 0 Å². The predicted octanol–water partition coefficient (Wildman–Crippen LogP) is 1.60. The van der Waals surface area contributed by atoms with E-state index in [4.69, 9.17) is 9.26 Å². The molecule has 1 atom stereocenters. The maximum absolute atomic E-state index is 5.40. The SMILES string of the molecule is CN(Cc1ccon1)c1cc([C@H]2CCOC2)ncn1. The van der Waals surface area contributed by atoms with Crippen molar-refractivity contribution in [3.8, 4) is 0 Å². The largest absolute Gasteiger partial charge is 0.381 e. The summed E-state index contributed by atoms with van der Waals surface area (Å²) in [6.45, 7) is 2.23. The van der Waals surface area contributed by atoms with E-state index in [1.807, 2.05) is 24.1 Å². The molecular weight excluding hydrogens is 244 g/mol. The number of aromatic nitrogens is 3. The van der Waals surface area contributed by atoms with Crippen LogP contribution in [0.4, 0.5) is 5.82 Å². The van der Waals surface area contributed by atoms with Crippen molar-refractivity contribution in [2.24, 2.45) is 0 Å². The Morgan fingerprint density at radius 2 is 2.37 bits per heavy atom. The molecule has 2 aromatic rings. The maximum Gasteiger partial charge on any atom is 0.132 e. The van der Waals surface area contributed by atoms with E-state index in [-0.39, 0.29) is 0 Å². The van der Waals surface area contributed by atoms with Crippen LogP contribution in [0.5, 0.6) is 0 Å². The van der Waals surface area contributed by atoms with Gasteiger partial charge in [0.1, 0.15) is 24.1 Å². The van der Waals surface area contributed by atoms with Crippen molar-refractivity contribution in [2.75, 3.05) is 25.2 Å². The van der Waals surface area contributed by atoms with Gasteiger partial charge in [-0.05, 0) is 6.42 Å². The van der Waals surface area contributed by atoms with Crippen molar-refractivity contribution in [1.82, 2.24) is 15.1 Å². The number of ether oxygens (including phenoxy) is 1. The third kappa shape index (κ3) is 2.73. The van der Waals surface area contributed by atoms with Gasteiger partial charge in [0.2, 0.25) is 0 Å². The molecule has 1 aliphatic heterocycles. The van der Waals surface area contributed by atoms with Crippen molar-refractivity contribution in [3.63, 3.8) is 0 Å². The van der Waals surface area contributed by atoms with E-state index in [0.717, 1.165) is 36.8 Å². The summed E-state index contributed by atoms with van der Waals surface area (Å²) in [4.78, 5) is 10.7. The highest BCUT2D eigenvalue weighted by atomic mass is 16.5. The Morgan fingerprint density at radius 1 is 1.42 bits per heavy atom. The van der Waals surface area contributed by atoms with Crippen LogP contribution in [0.25, 0.3) is 0 Å². The minimum absolute atomic E-state index is 0.391. The summed E-state index contributed by atoms with van der Waals surface area (Å²) < 4.78 is 10.2. The normalized spacial score (nSPS) is 18.7. The number of anilines is 1. The zero-order chi connectivity index (χ0) is 13.1. The highest BCUT2D eigenvalue weighted by molar-refractivity contribution is 5.39. The van der Waals surface area contributed by atoms with Crippen LogP contribution in [0.15, 0.2) is 29.2 Å². The number of hydrogen-bond acceptors (Lipinski definition) is 6. The van der Waals surface area contributed by atoms with Gasteiger partial charge in [-0.3, -0.25) is 0 Å². The van der Waals surface area contributed by atoms with Gasteiger partial charge in [-0.1, -0.05) is 5.16 Å². The average molecular weight is 260 g/mol. The van der Waals surface area contributed by atoms with Gasteiger partial charge in [0.15, 0.2) is 0 Å². The Morgan fingerprint density at radius 3 is 3.11 bits per heavy atom. The highest BCUT2D eigenvalue weighted by Crippen LogP contribution is 2.25. The molecule has 0 radical (unpaired) electrons. The van der Waals surface area contributed by atoms with E-state index in [2.05, 4.69) is 15.1 Å². The van der Waals surface area contributed by atoms with Gasteiger partial charge in [0.25, 0.3) is 0 Å². The fourth-order valence-electron chi connectivity index (χ4n) is 2.20. The van der Waals surface area contributed by atoms with Gasteiger partial charge in [-0.25, -0.2) is 9.97 Å². The topological polar surface area (TPSA) is 64.3 Å². The lowest BCUT2D eigenvalue weighted by Crippen LogP contribution is -2.18. The Kier molecular flexibility index (Phi) is 3.41. The van der Waals surface area contributed by atoms with E-state index < -0.39 is 0 Å². The van der Waals surface area contributed by atoms with Gasteiger partial charge in [0, 0.05) is 31.7 Å². The van der Waals surface area contributed by atoms with E-state index in [9.17, 15) is 0 Å². The standard InChI is InChI=1S/C13H16N4O2/c1-17(7-11-3-5-19-16-11)13-6-12(14-9-15-13)10-2-4-18-8-10/h3,5-6,9-10H,2,4,7-8H2,1H3/t10-/m0/s1. The van der Waals surface area contributed by atoms with Crippen molar-refractivity contribution in [3.05, 3.63) is 36.1 Å². The summed E-state index contributed by atoms with van der Waals surface area (Å²) in [5, 5.41) is 3.90. The molecule has 1 fully saturated rings. The summed E-state index contributed by atoms with van der Waals surface area (Å²) in [5.41, 5.74) is 1.93. The van der Waals surface area contributed by atoms with Crippen LogP contribution in [-0.4, -0.2) is 35.4 Å². The van der Waals surface area contributed by atoms with Crippen LogP contribution in [0.3, 0.4) is 0 Å². The fraction of sp³-hybridized carbons (Fsp3) is 0.462. The summed E-state index contributed by atoms with van der Waals surface area (Å²) in [6.07, 6.45) is 4.22. The summed E-state index contributed by atoms with van der Waals surface area (Å²) in [7, 11) is 1.98. The van der Waals surface area contributed by atoms with Gasteiger partial charge < -0.3 is 14.2 Å². The van der Waals surface area contributed by atoms with Crippen LogP contribution in [0, 0.1) is 0 Å². The second-order valence-electron chi connectivity index (χ2n) is 4.71. The molecule has 0 spiro atoms. The molecule has 0 saturated carbocycles. The second kappa shape index (κ2) is 5.36. The van der Waals surface area contributed by atoms with Crippen LogP contribution >= 0.6 is 0 Å². The first-order chi connectivity index (χ1) is 9.33. The molecule has 2 aromatic heterocycles. The van der Waals surface area contributed by atoms with Crippen molar-refractivity contribution in [2.45, 2.75) is 18.9 Å². The van der Waals surface area contributed by atoms with Crippen molar-refractivity contribution in [1.29, 1.82) is 0 Å². The molecule has 19 heavy (non-hydrogen) atoms. The summed E-state index contributed by atoms with van der Waals surface area (Å²) >= 11 is 0. The summed E-state index contributed by atoms with van der Waals surface area (Å²) in [5.74, 6) is 1.28. The summed E-state index contributed by atoms with van der Waals surface area (Å²) in [6, 6.07) is 3.88. The first kappa shape index (κ1) is 12.1. The average Bonchev–Trinajstić information content (AvgIpc) is 3.12. The third-order valence-corrected chi connectivity index (χ3v) is 3.30. The first-order valence-electron chi connectivity index (χ1n) is 6.33. The molecule has 0 amide bonds. The van der Waals surface area contributed by atoms with Crippen LogP contribution < -0.4 is 4.90 Å². The quantitative estimate of drug-likeness (QED) is 0.832. The number of nitrogens with zero attached hydrogens (tertiary/aromatic N) is 4. The maximum atomic E-state index is 5.40. The van der Waals surface area contributed by atoms with E-state index in [1.54, 1.807) is 12.6 Å². The molecule has 0 N–H and O–H groups in total. The van der Waals surface area contributed by atoms with E-state index >= 15 is 0 Å². The molecule has 0 bridgehead atoms. The van der Waals surface area contributed by atoms with E-state index in [1.165, 1.54) is 0 Å². The Hall–Kier alpha value is -1.95. The minimum Gasteiger partial charge on any atom is -0.381 e. The molecule has 0 aromatic carbocycles. The Balaban J connectivity index is 1.74. The minimum atomic E-state index is 0.391. The first-order valence-corrected chi connectivity index (χ1v) is 6.33. The molecular formula is C13H16N4O2. The molecule has 1 aliphatic rings. The van der Waals surface area contributed by atoms with Crippen LogP contribution in [0.2, 0.25) is 0 Å². The molecule has 100 valence electrons. The van der Waals surface area contributed by atoms with Crippen molar-refractivity contribution >= 4 is 5.82 Å². The number of rotatable bonds is 4. The predicted molar refractivity (Wildman–Crippen MR) is 68.8 cm³/mol. The fourth-order valence-corrected chi connectivity index (χ4v) is 2.20. The highest BCUT2D eigenvalue weighted by Gasteiger charge is 2.20. The van der Waals surface area contributed by atoms with Gasteiger partial charge in [-0.2, -0.15) is 0 Å². The third-order valence-electron chi connectivity index (χ3n) is 3.30. The van der Waals surface area contributed by atoms with Crippen LogP contribution in [-0.2, 0) is 11.3 Å². The zero-order valence-electron chi connectivity index (χ0n) is 10.8. The Labute approximate surface area is 111 Å². The molecule has 3 heterocycles. The Bertz CT molecular complexity index is 523. The lowest BCUT2D eigenvalue weighted by molar-refractivity contribution is 0.193. The van der Waals surface area contributed by atoms with Gasteiger partial charge in [-0.15, -0.1) is 0 Å². The number of hydrogen-bond donors (Lipinski definition) is 0. The monoisotopic (exact) mass is 260 g/mol. The molecule has 3 rings (SSSR count). The van der Waals surface area contributed by atoms with E-state index in [0.29, 0.717) is 12.5 Å². The molecule has 6 heteroatoms.